The van der Waals surface area contributed by atoms with Gasteiger partial charge in [-0.25, -0.2) is 14.8 Å². The molecule has 0 saturated heterocycles. The van der Waals surface area contributed by atoms with Crippen LogP contribution < -0.4 is 11.2 Å². The number of fused-ring (bicyclic) bond motifs is 1. The first-order valence-corrected chi connectivity index (χ1v) is 9.21. The van der Waals surface area contributed by atoms with Crippen molar-refractivity contribution in [3.05, 3.63) is 26.7 Å². The van der Waals surface area contributed by atoms with E-state index in [0.29, 0.717) is 10.9 Å². The number of aromatic nitrogens is 4. The Morgan fingerprint density at radius 2 is 1.84 bits per heavy atom. The average Bonchev–Trinajstić information content (AvgIpc) is 2.62. The Hall–Kier alpha value is -2.16. The SMILES string of the molecule is Cn1c(=O)c2c(SCC(=O)O)nc(C3CCCCC3)nc2n(C)c1=O. The van der Waals surface area contributed by atoms with Crippen LogP contribution in [0.15, 0.2) is 14.6 Å². The fourth-order valence-electron chi connectivity index (χ4n) is 3.22. The van der Waals surface area contributed by atoms with Crippen molar-refractivity contribution in [3.63, 3.8) is 0 Å². The number of nitrogens with zero attached hydrogens (tertiary/aromatic N) is 4. The molecule has 0 radical (unpaired) electrons. The third-order valence-corrected chi connectivity index (χ3v) is 5.55. The van der Waals surface area contributed by atoms with Crippen LogP contribution in [0.3, 0.4) is 0 Å². The Bertz CT molecular complexity index is 944. The maximum Gasteiger partial charge on any atom is 0.332 e. The molecule has 0 unspecified atom stereocenters. The highest BCUT2D eigenvalue weighted by Crippen LogP contribution is 2.33. The molecule has 134 valence electrons. The van der Waals surface area contributed by atoms with Gasteiger partial charge in [-0.05, 0) is 12.8 Å². The molecule has 1 aliphatic rings. The zero-order chi connectivity index (χ0) is 18.1. The molecule has 9 heteroatoms. The summed E-state index contributed by atoms with van der Waals surface area (Å²) >= 11 is 0.994. The second-order valence-electron chi connectivity index (χ2n) is 6.31. The second kappa shape index (κ2) is 6.99. The fourth-order valence-corrected chi connectivity index (χ4v) is 3.96. The number of carboxylic acid groups (broad SMARTS) is 1. The molecule has 1 saturated carbocycles. The van der Waals surface area contributed by atoms with Gasteiger partial charge < -0.3 is 5.11 Å². The molecule has 0 amide bonds. The maximum absolute atomic E-state index is 12.6. The molecule has 2 heterocycles. The quantitative estimate of drug-likeness (QED) is 0.642. The van der Waals surface area contributed by atoms with Gasteiger partial charge in [0.05, 0.1) is 5.75 Å². The van der Waals surface area contributed by atoms with Gasteiger partial charge in [0.2, 0.25) is 0 Å². The van der Waals surface area contributed by atoms with E-state index < -0.39 is 17.2 Å². The van der Waals surface area contributed by atoms with Crippen molar-refractivity contribution < 1.29 is 9.90 Å². The van der Waals surface area contributed by atoms with Crippen molar-refractivity contribution in [2.24, 2.45) is 14.1 Å². The van der Waals surface area contributed by atoms with Gasteiger partial charge in [0, 0.05) is 20.0 Å². The van der Waals surface area contributed by atoms with Crippen molar-refractivity contribution in [2.45, 2.75) is 43.0 Å². The summed E-state index contributed by atoms with van der Waals surface area (Å²) in [5, 5.41) is 9.53. The average molecular weight is 364 g/mol. The molecule has 1 fully saturated rings. The minimum atomic E-state index is -0.988. The number of thioether (sulfide) groups is 1. The standard InChI is InChI=1S/C16H20N4O4S/c1-19-13-11(15(23)20(2)16(19)24)14(25-8-10(21)22)18-12(17-13)9-6-4-3-5-7-9/h9H,3-8H2,1-2H3,(H,21,22). The normalized spacial score (nSPS) is 15.6. The number of carboxylic acids is 1. The van der Waals surface area contributed by atoms with Crippen molar-refractivity contribution in [3.8, 4) is 0 Å². The molecule has 1 N–H and O–H groups in total. The largest absolute Gasteiger partial charge is 0.481 e. The van der Waals surface area contributed by atoms with Crippen LogP contribution in [0.5, 0.6) is 0 Å². The van der Waals surface area contributed by atoms with E-state index >= 15 is 0 Å². The van der Waals surface area contributed by atoms with Gasteiger partial charge in [-0.3, -0.25) is 18.7 Å². The number of carbonyl (C=O) groups is 1. The summed E-state index contributed by atoms with van der Waals surface area (Å²) in [6, 6.07) is 0. The smallest absolute Gasteiger partial charge is 0.332 e. The molecule has 8 nitrogen and oxygen atoms in total. The Morgan fingerprint density at radius 3 is 2.48 bits per heavy atom. The van der Waals surface area contributed by atoms with Gasteiger partial charge >= 0.3 is 11.7 Å². The van der Waals surface area contributed by atoms with Crippen molar-refractivity contribution in [2.75, 3.05) is 5.75 Å². The number of hydrogen-bond donors (Lipinski definition) is 1. The molecule has 2 aromatic heterocycles. The van der Waals surface area contributed by atoms with Crippen molar-refractivity contribution in [1.82, 2.24) is 19.1 Å². The highest BCUT2D eigenvalue weighted by Gasteiger charge is 2.23. The van der Waals surface area contributed by atoms with Gasteiger partial charge in [-0.2, -0.15) is 0 Å². The number of aliphatic carboxylic acids is 1. The van der Waals surface area contributed by atoms with Gasteiger partial charge in [0.25, 0.3) is 5.56 Å². The second-order valence-corrected chi connectivity index (χ2v) is 7.27. The van der Waals surface area contributed by atoms with E-state index in [-0.39, 0.29) is 22.7 Å². The van der Waals surface area contributed by atoms with Crippen LogP contribution in [-0.4, -0.2) is 35.9 Å². The van der Waals surface area contributed by atoms with Gasteiger partial charge in [-0.15, -0.1) is 0 Å². The third-order valence-electron chi connectivity index (χ3n) is 4.59. The summed E-state index contributed by atoms with van der Waals surface area (Å²) in [4.78, 5) is 44.8. The lowest BCUT2D eigenvalue weighted by Gasteiger charge is -2.21. The Morgan fingerprint density at radius 1 is 1.16 bits per heavy atom. The highest BCUT2D eigenvalue weighted by atomic mass is 32.2. The summed E-state index contributed by atoms with van der Waals surface area (Å²) < 4.78 is 2.33. The molecule has 0 bridgehead atoms. The first kappa shape index (κ1) is 17.7. The zero-order valence-corrected chi connectivity index (χ0v) is 15.0. The third kappa shape index (κ3) is 3.33. The predicted octanol–water partition coefficient (Wildman–Crippen LogP) is 1.25. The molecule has 1 aliphatic carbocycles. The first-order chi connectivity index (χ1) is 11.9. The topological polar surface area (TPSA) is 107 Å². The molecule has 25 heavy (non-hydrogen) atoms. The summed E-state index contributed by atoms with van der Waals surface area (Å²) in [6.45, 7) is 0. The van der Waals surface area contributed by atoms with Gasteiger partial charge in [0.1, 0.15) is 16.2 Å². The van der Waals surface area contributed by atoms with Crippen LogP contribution in [-0.2, 0) is 18.9 Å². The van der Waals surface area contributed by atoms with E-state index in [2.05, 4.69) is 9.97 Å². The van der Waals surface area contributed by atoms with E-state index in [1.54, 1.807) is 7.05 Å². The van der Waals surface area contributed by atoms with Gasteiger partial charge in [-0.1, -0.05) is 31.0 Å². The Labute approximate surface area is 147 Å². The Balaban J connectivity index is 2.25. The fraction of sp³-hybridized carbons (Fsp3) is 0.562. The summed E-state index contributed by atoms with van der Waals surface area (Å²) in [5.74, 6) is -0.412. The van der Waals surface area contributed by atoms with E-state index in [4.69, 9.17) is 5.11 Å². The molecule has 0 spiro atoms. The van der Waals surface area contributed by atoms with Crippen LogP contribution in [0.4, 0.5) is 0 Å². The van der Waals surface area contributed by atoms with Crippen LogP contribution >= 0.6 is 11.8 Å². The van der Waals surface area contributed by atoms with Crippen LogP contribution in [0.25, 0.3) is 11.0 Å². The van der Waals surface area contributed by atoms with Gasteiger partial charge in [0.15, 0.2) is 5.65 Å². The molecule has 3 rings (SSSR count). The molecule has 0 aromatic carbocycles. The minimum absolute atomic E-state index is 0.182. The number of aryl methyl sites for hydroxylation is 1. The lowest BCUT2D eigenvalue weighted by Crippen LogP contribution is -2.38. The highest BCUT2D eigenvalue weighted by molar-refractivity contribution is 8.00. The lowest BCUT2D eigenvalue weighted by molar-refractivity contribution is -0.133. The van der Waals surface area contributed by atoms with Crippen LogP contribution in [0.2, 0.25) is 0 Å². The number of hydrogen-bond acceptors (Lipinski definition) is 6. The summed E-state index contributed by atoms with van der Waals surface area (Å²) in [6.07, 6.45) is 5.31. The van der Waals surface area contributed by atoms with E-state index in [1.807, 2.05) is 0 Å². The minimum Gasteiger partial charge on any atom is -0.481 e. The van der Waals surface area contributed by atoms with Crippen LogP contribution in [0, 0.1) is 0 Å². The molecular weight excluding hydrogens is 344 g/mol. The first-order valence-electron chi connectivity index (χ1n) is 8.22. The lowest BCUT2D eigenvalue weighted by atomic mass is 9.89. The van der Waals surface area contributed by atoms with E-state index in [9.17, 15) is 14.4 Å². The van der Waals surface area contributed by atoms with Crippen molar-refractivity contribution >= 4 is 28.8 Å². The summed E-state index contributed by atoms with van der Waals surface area (Å²) in [7, 11) is 2.96. The molecular formula is C16H20N4O4S. The summed E-state index contributed by atoms with van der Waals surface area (Å²) in [5.41, 5.74) is -0.683. The zero-order valence-electron chi connectivity index (χ0n) is 14.2. The number of rotatable bonds is 4. The molecule has 0 aliphatic heterocycles. The predicted molar refractivity (Wildman–Crippen MR) is 94.2 cm³/mol. The van der Waals surface area contributed by atoms with E-state index in [0.717, 1.165) is 42.0 Å². The molecule has 2 aromatic rings. The monoisotopic (exact) mass is 364 g/mol. The van der Waals surface area contributed by atoms with Crippen LogP contribution in [0.1, 0.15) is 43.8 Å². The Kier molecular flexibility index (Phi) is 4.94. The maximum atomic E-state index is 12.6. The van der Waals surface area contributed by atoms with E-state index in [1.165, 1.54) is 18.0 Å². The molecule has 0 atom stereocenters. The van der Waals surface area contributed by atoms with Crippen molar-refractivity contribution in [1.29, 1.82) is 0 Å².